The van der Waals surface area contributed by atoms with Crippen molar-refractivity contribution in [2.45, 2.75) is 59.1 Å². The van der Waals surface area contributed by atoms with Crippen LogP contribution in [0.25, 0.3) is 0 Å². The van der Waals surface area contributed by atoms with E-state index < -0.39 is 35.4 Å². The first-order valence-electron chi connectivity index (χ1n) is 11.1. The fourth-order valence-electron chi connectivity index (χ4n) is 4.66. The van der Waals surface area contributed by atoms with E-state index in [4.69, 9.17) is 0 Å². The molecule has 0 aliphatic carbocycles. The third-order valence-corrected chi connectivity index (χ3v) is 6.32. The number of carbonyl (C=O) groups excluding carboxylic acids is 1. The van der Waals surface area contributed by atoms with Crippen molar-refractivity contribution in [1.29, 1.82) is 0 Å². The van der Waals surface area contributed by atoms with Crippen LogP contribution in [0.1, 0.15) is 61.1 Å². The first-order chi connectivity index (χ1) is 15.7. The second-order valence-electron chi connectivity index (χ2n) is 9.22. The molecule has 1 heterocycles. The van der Waals surface area contributed by atoms with Crippen LogP contribution in [0.3, 0.4) is 0 Å². The highest BCUT2D eigenvalue weighted by Crippen LogP contribution is 2.43. The predicted octanol–water partition coefficient (Wildman–Crippen LogP) is 7.21. The summed E-state index contributed by atoms with van der Waals surface area (Å²) in [4.78, 5) is 14.3. The number of alkyl halides is 6. The van der Waals surface area contributed by atoms with Gasteiger partial charge in [0.1, 0.15) is 0 Å². The van der Waals surface area contributed by atoms with Crippen LogP contribution in [-0.2, 0) is 23.7 Å². The number of hydrogen-bond donors (Lipinski definition) is 1. The Hall–Kier alpha value is -2.71. The van der Waals surface area contributed by atoms with Crippen LogP contribution in [0.5, 0.6) is 0 Å². The first-order valence-corrected chi connectivity index (χ1v) is 11.1. The predicted molar refractivity (Wildman–Crippen MR) is 118 cm³/mol. The van der Waals surface area contributed by atoms with Crippen LogP contribution in [0.15, 0.2) is 36.4 Å². The highest BCUT2D eigenvalue weighted by atomic mass is 19.4. The molecule has 0 radical (unpaired) electrons. The molecule has 2 aromatic rings. The maximum atomic E-state index is 13.4. The summed E-state index contributed by atoms with van der Waals surface area (Å²) in [6.07, 6.45) is -9.21. The molecule has 0 saturated heterocycles. The lowest BCUT2D eigenvalue weighted by Crippen LogP contribution is -2.38. The third kappa shape index (κ3) is 5.67. The van der Waals surface area contributed by atoms with Crippen molar-refractivity contribution in [2.24, 2.45) is 11.8 Å². The number of halogens is 6. The van der Waals surface area contributed by atoms with E-state index in [0.717, 1.165) is 16.8 Å². The van der Waals surface area contributed by atoms with E-state index in [-0.39, 0.29) is 30.0 Å². The van der Waals surface area contributed by atoms with E-state index in [0.29, 0.717) is 25.1 Å². The largest absolute Gasteiger partial charge is 0.416 e. The van der Waals surface area contributed by atoms with E-state index in [2.05, 4.69) is 5.32 Å². The van der Waals surface area contributed by atoms with Gasteiger partial charge >= 0.3 is 12.4 Å². The van der Waals surface area contributed by atoms with Gasteiger partial charge in [-0.1, -0.05) is 31.5 Å². The number of hydrogen-bond acceptors (Lipinski definition) is 2. The van der Waals surface area contributed by atoms with Gasteiger partial charge in [0.25, 0.3) is 0 Å². The summed E-state index contributed by atoms with van der Waals surface area (Å²) in [5, 5.41) is 3.35. The number of carbonyl (C=O) groups is 1. The Labute approximate surface area is 195 Å². The number of nitrogens with zero attached hydrogens (tertiary/aromatic N) is 1. The van der Waals surface area contributed by atoms with Crippen LogP contribution >= 0.6 is 0 Å². The summed E-state index contributed by atoms with van der Waals surface area (Å²) >= 11 is 0. The van der Waals surface area contributed by atoms with Gasteiger partial charge in [-0.2, -0.15) is 26.3 Å². The maximum Gasteiger partial charge on any atom is 0.416 e. The van der Waals surface area contributed by atoms with E-state index in [1.54, 1.807) is 0 Å². The molecular weight excluding hydrogens is 458 g/mol. The Morgan fingerprint density at radius 1 is 1.03 bits per heavy atom. The molecule has 186 valence electrons. The lowest BCUT2D eigenvalue weighted by molar-refractivity contribution is -0.143. The summed E-state index contributed by atoms with van der Waals surface area (Å²) < 4.78 is 80.4. The molecule has 1 amide bonds. The minimum Gasteiger partial charge on any atom is -0.385 e. The number of aryl methyl sites for hydroxylation is 1. The minimum absolute atomic E-state index is 0.0488. The molecule has 0 aromatic heterocycles. The quantitative estimate of drug-likeness (QED) is 0.463. The maximum absolute atomic E-state index is 13.4. The molecule has 3 nitrogen and oxygen atoms in total. The number of rotatable bonds is 4. The van der Waals surface area contributed by atoms with Crippen LogP contribution in [-0.4, -0.2) is 17.4 Å². The van der Waals surface area contributed by atoms with Gasteiger partial charge in [0.15, 0.2) is 0 Å². The molecule has 2 atom stereocenters. The van der Waals surface area contributed by atoms with E-state index in [1.165, 1.54) is 11.8 Å². The first kappa shape index (κ1) is 25.9. The molecular formula is C25H28F6N2O. The molecule has 0 fully saturated rings. The average molecular weight is 487 g/mol. The van der Waals surface area contributed by atoms with Crippen molar-refractivity contribution in [3.05, 3.63) is 64.2 Å². The molecule has 34 heavy (non-hydrogen) atoms. The minimum atomic E-state index is -4.95. The number of nitrogens with one attached hydrogen (secondary N) is 1. The van der Waals surface area contributed by atoms with Crippen LogP contribution in [0.2, 0.25) is 0 Å². The average Bonchev–Trinajstić information content (AvgIpc) is 2.89. The zero-order valence-electron chi connectivity index (χ0n) is 19.4. The van der Waals surface area contributed by atoms with Gasteiger partial charge in [-0.25, -0.2) is 0 Å². The standard InChI is InChI=1S/C25H28F6N2O/c1-14(2)20-7-8-32-22-6-5-15(3)9-21(22)23(20)33(16(4)34)13-17-10-18(24(26,27)28)12-19(11-17)25(29,30)31/h5-6,9-12,14,20,23,32H,7-8,13H2,1-4H3. The third-order valence-electron chi connectivity index (χ3n) is 6.32. The second kappa shape index (κ2) is 9.50. The van der Waals surface area contributed by atoms with E-state index in [1.807, 2.05) is 39.0 Å². The van der Waals surface area contributed by atoms with Crippen molar-refractivity contribution >= 4 is 11.6 Å². The molecule has 1 aliphatic rings. The normalized spacial score (nSPS) is 18.8. The SMILES string of the molecule is CC(=O)N(Cc1cc(C(F)(F)F)cc(C(F)(F)F)c1)C1c2cc(C)ccc2NCCC1C(C)C. The number of amides is 1. The molecule has 9 heteroatoms. The molecule has 2 aromatic carbocycles. The van der Waals surface area contributed by atoms with Gasteiger partial charge in [-0.05, 0) is 60.6 Å². The number of benzene rings is 2. The van der Waals surface area contributed by atoms with E-state index >= 15 is 0 Å². The zero-order chi connectivity index (χ0) is 25.4. The van der Waals surface area contributed by atoms with Crippen LogP contribution < -0.4 is 5.32 Å². The summed E-state index contributed by atoms with van der Waals surface area (Å²) in [6, 6.07) is 6.72. The monoisotopic (exact) mass is 486 g/mol. The molecule has 0 bridgehead atoms. The van der Waals surface area contributed by atoms with Crippen LogP contribution in [0.4, 0.5) is 32.0 Å². The number of anilines is 1. The zero-order valence-corrected chi connectivity index (χ0v) is 19.4. The van der Waals surface area contributed by atoms with Gasteiger partial charge in [-0.15, -0.1) is 0 Å². The molecule has 1 N–H and O–H groups in total. The Kier molecular flexibility index (Phi) is 7.24. The fraction of sp³-hybridized carbons (Fsp3) is 0.480. The Morgan fingerprint density at radius 3 is 2.12 bits per heavy atom. The van der Waals surface area contributed by atoms with Crippen molar-refractivity contribution in [1.82, 2.24) is 4.90 Å². The Morgan fingerprint density at radius 2 is 1.62 bits per heavy atom. The summed E-state index contributed by atoms with van der Waals surface area (Å²) in [7, 11) is 0. The van der Waals surface area contributed by atoms with Crippen LogP contribution in [0, 0.1) is 18.8 Å². The van der Waals surface area contributed by atoms with Crippen molar-refractivity contribution in [3.63, 3.8) is 0 Å². The number of fused-ring (bicyclic) bond motifs is 1. The molecule has 3 rings (SSSR count). The molecule has 0 saturated carbocycles. The Balaban J connectivity index is 2.15. The van der Waals surface area contributed by atoms with Crippen molar-refractivity contribution in [2.75, 3.05) is 11.9 Å². The van der Waals surface area contributed by atoms with Gasteiger partial charge in [0.05, 0.1) is 17.2 Å². The van der Waals surface area contributed by atoms with Gasteiger partial charge in [0, 0.05) is 25.7 Å². The van der Waals surface area contributed by atoms with Gasteiger partial charge < -0.3 is 10.2 Å². The molecule has 0 spiro atoms. The highest BCUT2D eigenvalue weighted by molar-refractivity contribution is 5.74. The van der Waals surface area contributed by atoms with Gasteiger partial charge in [0.2, 0.25) is 5.91 Å². The summed E-state index contributed by atoms with van der Waals surface area (Å²) in [5.74, 6) is -0.351. The smallest absolute Gasteiger partial charge is 0.385 e. The van der Waals surface area contributed by atoms with E-state index in [9.17, 15) is 31.1 Å². The highest BCUT2D eigenvalue weighted by Gasteiger charge is 2.39. The topological polar surface area (TPSA) is 32.3 Å². The van der Waals surface area contributed by atoms with Gasteiger partial charge in [-0.3, -0.25) is 4.79 Å². The second-order valence-corrected chi connectivity index (χ2v) is 9.22. The molecule has 2 unspecified atom stereocenters. The summed E-state index contributed by atoms with van der Waals surface area (Å²) in [5.41, 5.74) is -0.428. The van der Waals surface area contributed by atoms with Crippen molar-refractivity contribution < 1.29 is 31.1 Å². The lowest BCUT2D eigenvalue weighted by Gasteiger charge is -2.38. The Bertz CT molecular complexity index is 1010. The molecule has 1 aliphatic heterocycles. The fourth-order valence-corrected chi connectivity index (χ4v) is 4.66. The summed E-state index contributed by atoms with van der Waals surface area (Å²) in [6.45, 7) is 7.47. The van der Waals surface area contributed by atoms with Crippen molar-refractivity contribution in [3.8, 4) is 0 Å². The lowest BCUT2D eigenvalue weighted by atomic mass is 9.81.